The Morgan fingerprint density at radius 1 is 1.35 bits per heavy atom. The standard InChI is InChI=1S/C12H24N2OS2/c1-9(2)10(3)14-12(15)7-13-6-11-8-16-4-5-17-11/h9-11,13H,4-8H2,1-3H3,(H,14,15). The van der Waals surface area contributed by atoms with Crippen molar-refractivity contribution < 1.29 is 4.79 Å². The highest BCUT2D eigenvalue weighted by Gasteiger charge is 2.15. The van der Waals surface area contributed by atoms with Crippen LogP contribution in [0.2, 0.25) is 0 Å². The van der Waals surface area contributed by atoms with Crippen LogP contribution in [0.3, 0.4) is 0 Å². The Morgan fingerprint density at radius 3 is 2.71 bits per heavy atom. The molecule has 2 unspecified atom stereocenters. The Bertz CT molecular complexity index is 231. The monoisotopic (exact) mass is 276 g/mol. The second-order valence-corrected chi connectivity index (χ2v) is 7.36. The van der Waals surface area contributed by atoms with E-state index in [0.717, 1.165) is 6.54 Å². The van der Waals surface area contributed by atoms with Crippen molar-refractivity contribution in [3.8, 4) is 0 Å². The van der Waals surface area contributed by atoms with E-state index in [1.165, 1.54) is 17.3 Å². The van der Waals surface area contributed by atoms with Crippen molar-refractivity contribution in [1.82, 2.24) is 10.6 Å². The molecule has 0 saturated carbocycles. The third-order valence-electron chi connectivity index (χ3n) is 2.93. The van der Waals surface area contributed by atoms with Gasteiger partial charge in [0.05, 0.1) is 6.54 Å². The van der Waals surface area contributed by atoms with E-state index in [0.29, 0.717) is 17.7 Å². The van der Waals surface area contributed by atoms with Gasteiger partial charge in [0.15, 0.2) is 0 Å². The normalized spacial score (nSPS) is 22.5. The quantitative estimate of drug-likeness (QED) is 0.773. The number of nitrogens with one attached hydrogen (secondary N) is 2. The second kappa shape index (κ2) is 8.27. The van der Waals surface area contributed by atoms with Gasteiger partial charge in [0.25, 0.3) is 0 Å². The van der Waals surface area contributed by atoms with E-state index in [4.69, 9.17) is 0 Å². The van der Waals surface area contributed by atoms with Crippen molar-refractivity contribution in [3.63, 3.8) is 0 Å². The largest absolute Gasteiger partial charge is 0.352 e. The average Bonchev–Trinajstić information content (AvgIpc) is 2.30. The molecule has 5 heteroatoms. The van der Waals surface area contributed by atoms with Gasteiger partial charge in [-0.15, -0.1) is 0 Å². The number of amides is 1. The lowest BCUT2D eigenvalue weighted by atomic mass is 10.1. The van der Waals surface area contributed by atoms with Crippen molar-refractivity contribution in [2.45, 2.75) is 32.1 Å². The first-order valence-corrected chi connectivity index (χ1v) is 8.49. The van der Waals surface area contributed by atoms with E-state index in [1.807, 2.05) is 23.5 Å². The maximum absolute atomic E-state index is 11.6. The summed E-state index contributed by atoms with van der Waals surface area (Å²) in [6.45, 7) is 7.68. The molecule has 0 aromatic rings. The van der Waals surface area contributed by atoms with E-state index >= 15 is 0 Å². The van der Waals surface area contributed by atoms with Gasteiger partial charge < -0.3 is 10.6 Å². The zero-order valence-corrected chi connectivity index (χ0v) is 12.6. The molecule has 2 atom stereocenters. The highest BCUT2D eigenvalue weighted by Crippen LogP contribution is 2.23. The molecule has 1 fully saturated rings. The Labute approximate surface area is 113 Å². The van der Waals surface area contributed by atoms with Gasteiger partial charge in [-0.05, 0) is 12.8 Å². The molecular weight excluding hydrogens is 252 g/mol. The minimum Gasteiger partial charge on any atom is -0.352 e. The first kappa shape index (κ1) is 15.2. The van der Waals surface area contributed by atoms with Crippen LogP contribution >= 0.6 is 23.5 Å². The molecule has 0 radical (unpaired) electrons. The lowest BCUT2D eigenvalue weighted by molar-refractivity contribution is -0.121. The molecular formula is C12H24N2OS2. The van der Waals surface area contributed by atoms with Crippen LogP contribution in [-0.2, 0) is 4.79 Å². The first-order valence-electron chi connectivity index (χ1n) is 6.29. The Morgan fingerprint density at radius 2 is 2.12 bits per heavy atom. The summed E-state index contributed by atoms with van der Waals surface area (Å²) in [5, 5.41) is 6.93. The van der Waals surface area contributed by atoms with Crippen LogP contribution in [0.25, 0.3) is 0 Å². The molecule has 17 heavy (non-hydrogen) atoms. The smallest absolute Gasteiger partial charge is 0.234 e. The molecule has 0 aromatic carbocycles. The summed E-state index contributed by atoms with van der Waals surface area (Å²) in [5.74, 6) is 4.33. The highest BCUT2D eigenvalue weighted by atomic mass is 32.2. The van der Waals surface area contributed by atoms with Crippen LogP contribution in [-0.4, -0.2) is 47.5 Å². The van der Waals surface area contributed by atoms with E-state index in [9.17, 15) is 4.79 Å². The van der Waals surface area contributed by atoms with Crippen LogP contribution < -0.4 is 10.6 Å². The van der Waals surface area contributed by atoms with Crippen LogP contribution in [0.15, 0.2) is 0 Å². The topological polar surface area (TPSA) is 41.1 Å². The van der Waals surface area contributed by atoms with E-state index in [-0.39, 0.29) is 11.9 Å². The summed E-state index contributed by atoms with van der Waals surface area (Å²) in [6.07, 6.45) is 0. The molecule has 3 nitrogen and oxygen atoms in total. The predicted molar refractivity (Wildman–Crippen MR) is 78.9 cm³/mol. The summed E-state index contributed by atoms with van der Waals surface area (Å²) >= 11 is 4.03. The molecule has 1 amide bonds. The van der Waals surface area contributed by atoms with Crippen molar-refractivity contribution in [2.75, 3.05) is 30.3 Å². The van der Waals surface area contributed by atoms with Crippen molar-refractivity contribution in [2.24, 2.45) is 5.92 Å². The molecule has 1 saturated heterocycles. The van der Waals surface area contributed by atoms with E-state index < -0.39 is 0 Å². The minimum absolute atomic E-state index is 0.111. The van der Waals surface area contributed by atoms with Crippen LogP contribution in [0.4, 0.5) is 0 Å². The van der Waals surface area contributed by atoms with Gasteiger partial charge >= 0.3 is 0 Å². The summed E-state index contributed by atoms with van der Waals surface area (Å²) in [4.78, 5) is 11.6. The van der Waals surface area contributed by atoms with Crippen LogP contribution in [0.1, 0.15) is 20.8 Å². The number of thioether (sulfide) groups is 2. The fourth-order valence-corrected chi connectivity index (χ4v) is 4.12. The lowest BCUT2D eigenvalue weighted by Gasteiger charge is -2.22. The number of rotatable bonds is 6. The molecule has 1 heterocycles. The van der Waals surface area contributed by atoms with Crippen LogP contribution in [0.5, 0.6) is 0 Å². The fraction of sp³-hybridized carbons (Fsp3) is 0.917. The number of hydrogen-bond donors (Lipinski definition) is 2. The minimum atomic E-state index is 0.111. The molecule has 2 N–H and O–H groups in total. The molecule has 1 aliphatic rings. The van der Waals surface area contributed by atoms with E-state index in [2.05, 4.69) is 31.4 Å². The summed E-state index contributed by atoms with van der Waals surface area (Å²) in [7, 11) is 0. The fourth-order valence-electron chi connectivity index (χ4n) is 1.47. The third kappa shape index (κ3) is 6.58. The SMILES string of the molecule is CC(C)C(C)NC(=O)CNCC1CSCCS1. The van der Waals surface area contributed by atoms with Gasteiger partial charge in [0.1, 0.15) is 0 Å². The summed E-state index contributed by atoms with van der Waals surface area (Å²) in [6, 6.07) is 0.254. The molecule has 0 aliphatic carbocycles. The summed E-state index contributed by atoms with van der Waals surface area (Å²) < 4.78 is 0. The molecule has 0 spiro atoms. The highest BCUT2D eigenvalue weighted by molar-refractivity contribution is 8.06. The first-order chi connectivity index (χ1) is 8.09. The number of carbonyl (C=O) groups excluding carboxylic acids is 1. The van der Waals surface area contributed by atoms with Crippen molar-refractivity contribution >= 4 is 29.4 Å². The maximum atomic E-state index is 11.6. The van der Waals surface area contributed by atoms with Gasteiger partial charge in [0, 0.05) is 35.1 Å². The van der Waals surface area contributed by atoms with Gasteiger partial charge in [-0.3, -0.25) is 4.79 Å². The van der Waals surface area contributed by atoms with Gasteiger partial charge in [-0.1, -0.05) is 13.8 Å². The Hall–Kier alpha value is 0.130. The van der Waals surface area contributed by atoms with Crippen molar-refractivity contribution in [3.05, 3.63) is 0 Å². The lowest BCUT2D eigenvalue weighted by Crippen LogP contribution is -2.42. The number of hydrogen-bond acceptors (Lipinski definition) is 4. The maximum Gasteiger partial charge on any atom is 0.234 e. The van der Waals surface area contributed by atoms with Gasteiger partial charge in [-0.25, -0.2) is 0 Å². The van der Waals surface area contributed by atoms with E-state index in [1.54, 1.807) is 0 Å². The third-order valence-corrected chi connectivity index (χ3v) is 5.78. The molecule has 1 rings (SSSR count). The summed E-state index contributed by atoms with van der Waals surface area (Å²) in [5.41, 5.74) is 0. The average molecular weight is 276 g/mol. The molecule has 1 aliphatic heterocycles. The second-order valence-electron chi connectivity index (χ2n) is 4.80. The zero-order chi connectivity index (χ0) is 12.7. The Kier molecular flexibility index (Phi) is 7.39. The zero-order valence-electron chi connectivity index (χ0n) is 11.0. The Balaban J connectivity index is 2.07. The number of carbonyl (C=O) groups is 1. The van der Waals surface area contributed by atoms with Crippen LogP contribution in [0, 0.1) is 5.92 Å². The molecule has 0 aromatic heterocycles. The molecule has 0 bridgehead atoms. The predicted octanol–water partition coefficient (Wildman–Crippen LogP) is 1.59. The molecule has 100 valence electrons. The van der Waals surface area contributed by atoms with Gasteiger partial charge in [-0.2, -0.15) is 23.5 Å². The van der Waals surface area contributed by atoms with Gasteiger partial charge in [0.2, 0.25) is 5.91 Å². The van der Waals surface area contributed by atoms with Crippen molar-refractivity contribution in [1.29, 1.82) is 0 Å².